The molecule has 0 aliphatic rings. The molecular formula is C14H24N2O. The molecule has 17 heavy (non-hydrogen) atoms. The van der Waals surface area contributed by atoms with Crippen LogP contribution in [-0.4, -0.2) is 31.2 Å². The highest BCUT2D eigenvalue weighted by Gasteiger charge is 2.12. The molecule has 1 atom stereocenters. The predicted molar refractivity (Wildman–Crippen MR) is 72.9 cm³/mol. The van der Waals surface area contributed by atoms with E-state index in [1.165, 1.54) is 5.56 Å². The first kappa shape index (κ1) is 14.0. The molecule has 0 saturated carbocycles. The number of methoxy groups -OCH3 is 1. The zero-order valence-electron chi connectivity index (χ0n) is 11.1. The summed E-state index contributed by atoms with van der Waals surface area (Å²) in [6.07, 6.45) is 1.15. The standard InChI is InChI=1S/C14H24N2O/c1-4-12(2)16(9-10-17-3)11-13-5-7-14(15)8-6-13/h5-8,12H,4,9-11,15H2,1-3H3. The Bertz CT molecular complexity index is 311. The molecule has 0 radical (unpaired) electrons. The summed E-state index contributed by atoms with van der Waals surface area (Å²) in [5.41, 5.74) is 7.81. The van der Waals surface area contributed by atoms with E-state index in [0.717, 1.165) is 31.8 Å². The molecule has 96 valence electrons. The lowest BCUT2D eigenvalue weighted by Gasteiger charge is -2.28. The third-order valence-corrected chi connectivity index (χ3v) is 3.16. The van der Waals surface area contributed by atoms with Gasteiger partial charge in [0.25, 0.3) is 0 Å². The topological polar surface area (TPSA) is 38.5 Å². The molecule has 0 fully saturated rings. The van der Waals surface area contributed by atoms with Gasteiger partial charge in [-0.25, -0.2) is 0 Å². The monoisotopic (exact) mass is 236 g/mol. The molecule has 0 spiro atoms. The molecule has 0 saturated heterocycles. The molecule has 3 heteroatoms. The van der Waals surface area contributed by atoms with Crippen molar-refractivity contribution >= 4 is 5.69 Å². The van der Waals surface area contributed by atoms with E-state index in [0.29, 0.717) is 6.04 Å². The lowest BCUT2D eigenvalue weighted by atomic mass is 10.1. The maximum atomic E-state index is 5.69. The van der Waals surface area contributed by atoms with Gasteiger partial charge in [-0.3, -0.25) is 4.90 Å². The van der Waals surface area contributed by atoms with Crippen molar-refractivity contribution in [1.29, 1.82) is 0 Å². The third kappa shape index (κ3) is 4.75. The predicted octanol–water partition coefficient (Wildman–Crippen LogP) is 2.52. The minimum Gasteiger partial charge on any atom is -0.399 e. The molecule has 0 aliphatic heterocycles. The average Bonchev–Trinajstić information content (AvgIpc) is 2.36. The Hall–Kier alpha value is -1.06. The number of nitrogens with two attached hydrogens (primary N) is 1. The Morgan fingerprint density at radius 2 is 1.94 bits per heavy atom. The molecule has 0 aliphatic carbocycles. The number of hydrogen-bond donors (Lipinski definition) is 1. The average molecular weight is 236 g/mol. The van der Waals surface area contributed by atoms with E-state index in [4.69, 9.17) is 10.5 Å². The van der Waals surface area contributed by atoms with E-state index in [9.17, 15) is 0 Å². The van der Waals surface area contributed by atoms with Crippen LogP contribution in [0.15, 0.2) is 24.3 Å². The maximum absolute atomic E-state index is 5.69. The quantitative estimate of drug-likeness (QED) is 0.739. The molecule has 1 aromatic rings. The van der Waals surface area contributed by atoms with Crippen molar-refractivity contribution in [2.24, 2.45) is 0 Å². The van der Waals surface area contributed by atoms with Gasteiger partial charge in [0, 0.05) is 31.9 Å². The van der Waals surface area contributed by atoms with Crippen molar-refractivity contribution in [2.45, 2.75) is 32.9 Å². The Morgan fingerprint density at radius 3 is 2.47 bits per heavy atom. The van der Waals surface area contributed by atoms with Crippen LogP contribution in [0.4, 0.5) is 5.69 Å². The summed E-state index contributed by atoms with van der Waals surface area (Å²) in [7, 11) is 1.75. The second-order valence-corrected chi connectivity index (χ2v) is 4.46. The molecule has 2 N–H and O–H groups in total. The molecule has 1 aromatic carbocycles. The van der Waals surface area contributed by atoms with Crippen LogP contribution < -0.4 is 5.73 Å². The summed E-state index contributed by atoms with van der Waals surface area (Å²) in [6.45, 7) is 7.17. The van der Waals surface area contributed by atoms with E-state index in [1.807, 2.05) is 12.1 Å². The van der Waals surface area contributed by atoms with Gasteiger partial charge < -0.3 is 10.5 Å². The van der Waals surface area contributed by atoms with E-state index >= 15 is 0 Å². The van der Waals surface area contributed by atoms with Crippen LogP contribution >= 0.6 is 0 Å². The number of rotatable bonds is 7. The Labute approximate surface area is 105 Å². The smallest absolute Gasteiger partial charge is 0.0589 e. The molecule has 1 unspecified atom stereocenters. The maximum Gasteiger partial charge on any atom is 0.0589 e. The zero-order chi connectivity index (χ0) is 12.7. The first-order chi connectivity index (χ1) is 8.17. The first-order valence-corrected chi connectivity index (χ1v) is 6.24. The van der Waals surface area contributed by atoms with Crippen LogP contribution in [0.25, 0.3) is 0 Å². The number of nitrogen functional groups attached to an aromatic ring is 1. The second kappa shape index (κ2) is 7.30. The van der Waals surface area contributed by atoms with Crippen molar-refractivity contribution < 1.29 is 4.74 Å². The fourth-order valence-electron chi connectivity index (χ4n) is 1.78. The van der Waals surface area contributed by atoms with Crippen molar-refractivity contribution in [3.8, 4) is 0 Å². The SMILES string of the molecule is CCC(C)N(CCOC)Cc1ccc(N)cc1. The molecule has 0 heterocycles. The Kier molecular flexibility index (Phi) is 6.01. The highest BCUT2D eigenvalue weighted by molar-refractivity contribution is 5.39. The summed E-state index contributed by atoms with van der Waals surface area (Å²) < 4.78 is 5.16. The normalized spacial score (nSPS) is 12.9. The van der Waals surface area contributed by atoms with E-state index in [1.54, 1.807) is 7.11 Å². The van der Waals surface area contributed by atoms with Gasteiger partial charge >= 0.3 is 0 Å². The van der Waals surface area contributed by atoms with Gasteiger partial charge in [-0.05, 0) is 31.0 Å². The summed E-state index contributed by atoms with van der Waals surface area (Å²) in [5, 5.41) is 0. The largest absolute Gasteiger partial charge is 0.399 e. The van der Waals surface area contributed by atoms with Crippen molar-refractivity contribution in [1.82, 2.24) is 4.90 Å². The van der Waals surface area contributed by atoms with Crippen LogP contribution in [-0.2, 0) is 11.3 Å². The number of anilines is 1. The zero-order valence-corrected chi connectivity index (χ0v) is 11.1. The highest BCUT2D eigenvalue weighted by Crippen LogP contribution is 2.12. The lowest BCUT2D eigenvalue weighted by molar-refractivity contribution is 0.118. The number of hydrogen-bond acceptors (Lipinski definition) is 3. The first-order valence-electron chi connectivity index (χ1n) is 6.24. The van der Waals surface area contributed by atoms with Crippen LogP contribution in [0, 0.1) is 0 Å². The third-order valence-electron chi connectivity index (χ3n) is 3.16. The van der Waals surface area contributed by atoms with E-state index < -0.39 is 0 Å². The van der Waals surface area contributed by atoms with Gasteiger partial charge in [0.1, 0.15) is 0 Å². The molecule has 0 amide bonds. The minimum atomic E-state index is 0.572. The molecule has 0 bridgehead atoms. The van der Waals surface area contributed by atoms with Crippen molar-refractivity contribution in [3.63, 3.8) is 0 Å². The Balaban J connectivity index is 2.61. The van der Waals surface area contributed by atoms with Gasteiger partial charge in [0.2, 0.25) is 0 Å². The van der Waals surface area contributed by atoms with Crippen molar-refractivity contribution in [2.75, 3.05) is 26.0 Å². The molecular weight excluding hydrogens is 212 g/mol. The van der Waals surface area contributed by atoms with Crippen LogP contribution in [0.5, 0.6) is 0 Å². The van der Waals surface area contributed by atoms with Gasteiger partial charge in [0.05, 0.1) is 6.61 Å². The highest BCUT2D eigenvalue weighted by atomic mass is 16.5. The van der Waals surface area contributed by atoms with Gasteiger partial charge in [0.15, 0.2) is 0 Å². The fraction of sp³-hybridized carbons (Fsp3) is 0.571. The summed E-state index contributed by atoms with van der Waals surface area (Å²) >= 11 is 0. The molecule has 3 nitrogen and oxygen atoms in total. The van der Waals surface area contributed by atoms with Gasteiger partial charge in [-0.15, -0.1) is 0 Å². The minimum absolute atomic E-state index is 0.572. The van der Waals surface area contributed by atoms with Gasteiger partial charge in [-0.1, -0.05) is 19.1 Å². The Morgan fingerprint density at radius 1 is 1.29 bits per heavy atom. The van der Waals surface area contributed by atoms with Crippen LogP contribution in [0.3, 0.4) is 0 Å². The van der Waals surface area contributed by atoms with Gasteiger partial charge in [-0.2, -0.15) is 0 Å². The lowest BCUT2D eigenvalue weighted by Crippen LogP contribution is -2.34. The molecule has 1 rings (SSSR count). The number of ether oxygens (including phenoxy) is 1. The summed E-state index contributed by atoms with van der Waals surface area (Å²) in [4.78, 5) is 2.44. The van der Waals surface area contributed by atoms with Crippen LogP contribution in [0.2, 0.25) is 0 Å². The van der Waals surface area contributed by atoms with Crippen molar-refractivity contribution in [3.05, 3.63) is 29.8 Å². The van der Waals surface area contributed by atoms with E-state index in [2.05, 4.69) is 30.9 Å². The number of benzene rings is 1. The van der Waals surface area contributed by atoms with E-state index in [-0.39, 0.29) is 0 Å². The summed E-state index contributed by atoms with van der Waals surface area (Å²) in [5.74, 6) is 0. The fourth-order valence-corrected chi connectivity index (χ4v) is 1.78. The number of nitrogens with zero attached hydrogens (tertiary/aromatic N) is 1. The summed E-state index contributed by atoms with van der Waals surface area (Å²) in [6, 6.07) is 8.68. The van der Waals surface area contributed by atoms with Crippen LogP contribution in [0.1, 0.15) is 25.8 Å². The second-order valence-electron chi connectivity index (χ2n) is 4.46. The molecule has 0 aromatic heterocycles.